The van der Waals surface area contributed by atoms with Crippen LogP contribution in [0, 0.1) is 0 Å². The highest BCUT2D eigenvalue weighted by Crippen LogP contribution is 2.00. The van der Waals surface area contributed by atoms with E-state index in [0.29, 0.717) is 6.61 Å². The maximum absolute atomic E-state index is 11.1. The molecule has 0 saturated carbocycles. The van der Waals surface area contributed by atoms with Crippen LogP contribution in [-0.4, -0.2) is 29.5 Å². The Labute approximate surface area is 103 Å². The molecule has 1 aromatic carbocycles. The van der Waals surface area contributed by atoms with Crippen molar-refractivity contribution in [2.75, 3.05) is 12.4 Å². The van der Waals surface area contributed by atoms with Crippen molar-refractivity contribution in [3.63, 3.8) is 0 Å². The molecule has 0 heterocycles. The number of rotatable bonds is 5. The Balaban J connectivity index is 2.30. The lowest BCUT2D eigenvalue weighted by Gasteiger charge is -2.07. The average Bonchev–Trinajstić information content (AvgIpc) is 2.34. The fourth-order valence-corrected chi connectivity index (χ4v) is 1.34. The number of nitrogens with zero attached hydrogens (tertiary/aromatic N) is 2. The maximum atomic E-state index is 11.1. The fourth-order valence-electron chi connectivity index (χ4n) is 0.949. The molecule has 0 aliphatic heterocycles. The first kappa shape index (κ1) is 12.7. The number of hydrogen-bond acceptors (Lipinski definition) is 3. The van der Waals surface area contributed by atoms with Gasteiger partial charge in [-0.15, -0.1) is 0 Å². The number of benzene rings is 1. The van der Waals surface area contributed by atoms with Crippen LogP contribution in [0.4, 0.5) is 0 Å². The summed E-state index contributed by atoms with van der Waals surface area (Å²) in [5.41, 5.74) is 1.04. The highest BCUT2D eigenvalue weighted by Gasteiger charge is 2.02. The highest BCUT2D eigenvalue weighted by molar-refractivity contribution is 9.09. The lowest BCUT2D eigenvalue weighted by atomic mass is 10.2. The summed E-state index contributed by atoms with van der Waals surface area (Å²) in [5, 5.41) is 3.97. The van der Waals surface area contributed by atoms with Gasteiger partial charge in [0.25, 0.3) is 0 Å². The van der Waals surface area contributed by atoms with Gasteiger partial charge in [0.2, 0.25) is 5.91 Å². The van der Waals surface area contributed by atoms with E-state index in [-0.39, 0.29) is 11.2 Å². The van der Waals surface area contributed by atoms with E-state index in [0.717, 1.165) is 5.56 Å². The van der Waals surface area contributed by atoms with Crippen LogP contribution in [0.15, 0.2) is 35.5 Å². The number of carbonyl (C=O) groups is 1. The molecule has 0 fully saturated rings. The molecule has 0 radical (unpaired) electrons. The molecule has 4 nitrogen and oxygen atoms in total. The molecule has 0 atom stereocenters. The molecular formula is C11H13BrN2O2. The summed E-state index contributed by atoms with van der Waals surface area (Å²) in [6.07, 6.45) is 1.35. The van der Waals surface area contributed by atoms with Crippen molar-refractivity contribution in [1.82, 2.24) is 4.90 Å². The first-order valence-electron chi connectivity index (χ1n) is 4.75. The molecule has 1 rings (SSSR count). The molecule has 16 heavy (non-hydrogen) atoms. The van der Waals surface area contributed by atoms with E-state index in [4.69, 9.17) is 4.84 Å². The topological polar surface area (TPSA) is 41.9 Å². The lowest BCUT2D eigenvalue weighted by Crippen LogP contribution is -2.25. The van der Waals surface area contributed by atoms with Gasteiger partial charge in [0.05, 0.1) is 5.33 Å². The second kappa shape index (κ2) is 7.00. The zero-order valence-electron chi connectivity index (χ0n) is 8.97. The van der Waals surface area contributed by atoms with E-state index in [9.17, 15) is 4.79 Å². The average molecular weight is 285 g/mol. The van der Waals surface area contributed by atoms with Crippen LogP contribution in [0.2, 0.25) is 0 Å². The molecule has 0 aliphatic carbocycles. The first-order chi connectivity index (χ1) is 7.74. The molecule has 0 bridgehead atoms. The van der Waals surface area contributed by atoms with E-state index in [1.54, 1.807) is 7.05 Å². The Morgan fingerprint density at radius 1 is 1.50 bits per heavy atom. The van der Waals surface area contributed by atoms with Gasteiger partial charge in [-0.25, -0.2) is 0 Å². The zero-order chi connectivity index (χ0) is 11.8. The predicted octanol–water partition coefficient (Wildman–Crippen LogP) is 2.00. The van der Waals surface area contributed by atoms with Crippen molar-refractivity contribution < 1.29 is 9.63 Å². The number of carbonyl (C=O) groups excluding carboxylic acids is 1. The Morgan fingerprint density at radius 2 is 2.19 bits per heavy atom. The van der Waals surface area contributed by atoms with E-state index >= 15 is 0 Å². The normalized spacial score (nSPS) is 10.4. The highest BCUT2D eigenvalue weighted by atomic mass is 79.9. The molecule has 0 aromatic heterocycles. The van der Waals surface area contributed by atoms with Crippen LogP contribution in [0.1, 0.15) is 5.56 Å². The summed E-state index contributed by atoms with van der Waals surface area (Å²) in [6.45, 7) is 0.397. The van der Waals surface area contributed by atoms with Gasteiger partial charge < -0.3 is 9.74 Å². The van der Waals surface area contributed by atoms with Crippen molar-refractivity contribution in [3.05, 3.63) is 35.9 Å². The Hall–Kier alpha value is -1.36. The zero-order valence-corrected chi connectivity index (χ0v) is 10.6. The molecular weight excluding hydrogens is 272 g/mol. The van der Waals surface area contributed by atoms with Crippen molar-refractivity contribution in [2.45, 2.75) is 6.61 Å². The van der Waals surface area contributed by atoms with Gasteiger partial charge in [0, 0.05) is 7.05 Å². The molecule has 1 aromatic rings. The van der Waals surface area contributed by atoms with Crippen LogP contribution < -0.4 is 0 Å². The Kier molecular flexibility index (Phi) is 5.56. The van der Waals surface area contributed by atoms with E-state index in [2.05, 4.69) is 21.1 Å². The summed E-state index contributed by atoms with van der Waals surface area (Å²) < 4.78 is 0. The molecule has 0 spiro atoms. The van der Waals surface area contributed by atoms with Gasteiger partial charge in [-0.05, 0) is 5.56 Å². The summed E-state index contributed by atoms with van der Waals surface area (Å²) in [4.78, 5) is 17.5. The van der Waals surface area contributed by atoms with Crippen LogP contribution in [0.5, 0.6) is 0 Å². The largest absolute Gasteiger partial charge is 0.390 e. The lowest BCUT2D eigenvalue weighted by molar-refractivity contribution is -0.123. The molecule has 0 N–H and O–H groups in total. The minimum absolute atomic E-state index is 0.0768. The number of halogens is 1. The van der Waals surface area contributed by atoms with Gasteiger partial charge in [0.1, 0.15) is 12.9 Å². The first-order valence-corrected chi connectivity index (χ1v) is 5.87. The van der Waals surface area contributed by atoms with Crippen molar-refractivity contribution in [1.29, 1.82) is 0 Å². The van der Waals surface area contributed by atoms with E-state index < -0.39 is 0 Å². The van der Waals surface area contributed by atoms with E-state index in [1.807, 2.05) is 30.3 Å². The second-order valence-corrected chi connectivity index (χ2v) is 3.68. The van der Waals surface area contributed by atoms with Gasteiger partial charge in [0.15, 0.2) is 0 Å². The monoisotopic (exact) mass is 284 g/mol. The van der Waals surface area contributed by atoms with E-state index in [1.165, 1.54) is 11.2 Å². The summed E-state index contributed by atoms with van der Waals surface area (Å²) in [5.74, 6) is -0.0768. The molecule has 5 heteroatoms. The third kappa shape index (κ3) is 4.44. The van der Waals surface area contributed by atoms with Crippen LogP contribution in [0.25, 0.3) is 0 Å². The second-order valence-electron chi connectivity index (χ2n) is 3.12. The molecule has 86 valence electrons. The quantitative estimate of drug-likeness (QED) is 0.359. The number of amides is 1. The smallest absolute Gasteiger partial charge is 0.238 e. The van der Waals surface area contributed by atoms with Crippen molar-refractivity contribution >= 4 is 28.2 Å². The molecule has 0 unspecified atom stereocenters. The predicted molar refractivity (Wildman–Crippen MR) is 66.3 cm³/mol. The minimum Gasteiger partial charge on any atom is -0.390 e. The molecule has 0 saturated heterocycles. The van der Waals surface area contributed by atoms with Gasteiger partial charge in [-0.3, -0.25) is 4.79 Å². The van der Waals surface area contributed by atoms with Gasteiger partial charge in [-0.2, -0.15) is 0 Å². The minimum atomic E-state index is -0.0768. The fraction of sp³-hybridized carbons (Fsp3) is 0.273. The Bertz CT molecular complexity index is 354. The van der Waals surface area contributed by atoms with Crippen LogP contribution in [0.3, 0.4) is 0 Å². The van der Waals surface area contributed by atoms with Gasteiger partial charge in [-0.1, -0.05) is 51.4 Å². The summed E-state index contributed by atoms with van der Waals surface area (Å²) in [7, 11) is 1.62. The van der Waals surface area contributed by atoms with Crippen LogP contribution in [-0.2, 0) is 16.2 Å². The third-order valence-electron chi connectivity index (χ3n) is 1.88. The van der Waals surface area contributed by atoms with Crippen molar-refractivity contribution in [2.24, 2.45) is 5.16 Å². The standard InChI is InChI=1S/C11H13BrN2O2/c1-14(11(15)7-12)9-13-16-8-10-5-3-2-4-6-10/h2-6,9H,7-8H2,1H3/b13-9+. The van der Waals surface area contributed by atoms with Crippen molar-refractivity contribution in [3.8, 4) is 0 Å². The maximum Gasteiger partial charge on any atom is 0.238 e. The van der Waals surface area contributed by atoms with Crippen LogP contribution >= 0.6 is 15.9 Å². The molecule has 1 amide bonds. The number of alkyl halides is 1. The Morgan fingerprint density at radius 3 is 2.81 bits per heavy atom. The summed E-state index contributed by atoms with van der Waals surface area (Å²) in [6, 6.07) is 9.70. The molecule has 0 aliphatic rings. The number of hydrogen-bond donors (Lipinski definition) is 0. The third-order valence-corrected chi connectivity index (χ3v) is 2.36. The number of oxime groups is 1. The van der Waals surface area contributed by atoms with Gasteiger partial charge >= 0.3 is 0 Å². The summed E-state index contributed by atoms with van der Waals surface area (Å²) >= 11 is 3.07. The SMILES string of the molecule is CN(/C=N/OCc1ccccc1)C(=O)CBr.